The van der Waals surface area contributed by atoms with E-state index in [1.807, 2.05) is 13.8 Å². The molecule has 0 radical (unpaired) electrons. The van der Waals surface area contributed by atoms with Gasteiger partial charge < -0.3 is 10.2 Å². The fraction of sp³-hybridized carbons (Fsp3) is 0.929. The van der Waals surface area contributed by atoms with E-state index >= 15 is 0 Å². The molecule has 0 amide bonds. The minimum atomic E-state index is -0.133. The van der Waals surface area contributed by atoms with Crippen molar-refractivity contribution in [3.63, 3.8) is 0 Å². The second-order valence-corrected chi connectivity index (χ2v) is 6.39. The lowest BCUT2D eigenvalue weighted by Crippen LogP contribution is -2.26. The third-order valence-corrected chi connectivity index (χ3v) is 4.29. The van der Waals surface area contributed by atoms with E-state index in [9.17, 15) is 0 Å². The number of hydrogen-bond donors (Lipinski definition) is 1. The lowest BCUT2D eigenvalue weighted by atomic mass is 9.89. The van der Waals surface area contributed by atoms with Gasteiger partial charge in [0.15, 0.2) is 0 Å². The van der Waals surface area contributed by atoms with Crippen molar-refractivity contribution in [3.8, 4) is 6.07 Å². The van der Waals surface area contributed by atoms with Crippen LogP contribution < -0.4 is 5.32 Å². The Morgan fingerprint density at radius 3 is 2.47 bits per heavy atom. The molecule has 2 saturated heterocycles. The number of hydrogen-bond acceptors (Lipinski definition) is 3. The predicted molar refractivity (Wildman–Crippen MR) is 69.5 cm³/mol. The van der Waals surface area contributed by atoms with Crippen molar-refractivity contribution in [1.29, 1.82) is 5.26 Å². The summed E-state index contributed by atoms with van der Waals surface area (Å²) in [6.07, 6.45) is 3.47. The van der Waals surface area contributed by atoms with Gasteiger partial charge in [-0.15, -0.1) is 0 Å². The van der Waals surface area contributed by atoms with Crippen LogP contribution in [0.3, 0.4) is 0 Å². The highest BCUT2D eigenvalue weighted by atomic mass is 15.2. The molecule has 2 fully saturated rings. The Bertz CT molecular complexity index is 280. The standard InChI is InChI=1S/C14H25N3/c1-14(2,11-15)5-3-4-6-17-9-12-7-16-8-13(12)10-17/h12-13,16H,3-10H2,1-2H3. The fourth-order valence-electron chi connectivity index (χ4n) is 3.09. The van der Waals surface area contributed by atoms with Gasteiger partial charge in [0.05, 0.1) is 11.5 Å². The van der Waals surface area contributed by atoms with Crippen LogP contribution in [-0.2, 0) is 0 Å². The van der Waals surface area contributed by atoms with Gasteiger partial charge in [0.25, 0.3) is 0 Å². The Morgan fingerprint density at radius 2 is 1.88 bits per heavy atom. The lowest BCUT2D eigenvalue weighted by Gasteiger charge is -2.18. The molecule has 0 aromatic heterocycles. The van der Waals surface area contributed by atoms with Crippen LogP contribution in [-0.4, -0.2) is 37.6 Å². The van der Waals surface area contributed by atoms with E-state index in [0.29, 0.717) is 0 Å². The smallest absolute Gasteiger partial charge is 0.0683 e. The average Bonchev–Trinajstić information content (AvgIpc) is 2.84. The van der Waals surface area contributed by atoms with Gasteiger partial charge in [-0.3, -0.25) is 0 Å². The summed E-state index contributed by atoms with van der Waals surface area (Å²) in [7, 11) is 0. The number of likely N-dealkylation sites (tertiary alicyclic amines) is 1. The summed E-state index contributed by atoms with van der Waals surface area (Å²) in [5, 5.41) is 12.4. The minimum absolute atomic E-state index is 0.133. The summed E-state index contributed by atoms with van der Waals surface area (Å²) in [6.45, 7) is 10.3. The van der Waals surface area contributed by atoms with E-state index in [4.69, 9.17) is 5.26 Å². The molecule has 2 heterocycles. The molecule has 0 aromatic rings. The second kappa shape index (κ2) is 5.37. The van der Waals surface area contributed by atoms with Crippen LogP contribution in [0.4, 0.5) is 0 Å². The Morgan fingerprint density at radius 1 is 1.24 bits per heavy atom. The van der Waals surface area contributed by atoms with E-state index in [2.05, 4.69) is 16.3 Å². The van der Waals surface area contributed by atoms with Crippen molar-refractivity contribution in [2.75, 3.05) is 32.7 Å². The number of nitrogens with one attached hydrogen (secondary N) is 1. The minimum Gasteiger partial charge on any atom is -0.316 e. The molecule has 2 aliphatic heterocycles. The van der Waals surface area contributed by atoms with Crippen molar-refractivity contribution in [2.24, 2.45) is 17.3 Å². The predicted octanol–water partition coefficient (Wildman–Crippen LogP) is 1.86. The molecule has 3 nitrogen and oxygen atoms in total. The van der Waals surface area contributed by atoms with Crippen molar-refractivity contribution in [3.05, 3.63) is 0 Å². The second-order valence-electron chi connectivity index (χ2n) is 6.39. The lowest BCUT2D eigenvalue weighted by molar-refractivity contribution is 0.297. The third kappa shape index (κ3) is 3.43. The highest BCUT2D eigenvalue weighted by Gasteiger charge is 2.35. The van der Waals surface area contributed by atoms with E-state index in [1.165, 1.54) is 45.6 Å². The fourth-order valence-corrected chi connectivity index (χ4v) is 3.09. The maximum atomic E-state index is 8.95. The van der Waals surface area contributed by atoms with Crippen molar-refractivity contribution >= 4 is 0 Å². The van der Waals surface area contributed by atoms with E-state index in [-0.39, 0.29) is 5.41 Å². The van der Waals surface area contributed by atoms with E-state index < -0.39 is 0 Å². The van der Waals surface area contributed by atoms with Crippen LogP contribution in [0.2, 0.25) is 0 Å². The third-order valence-electron chi connectivity index (χ3n) is 4.29. The molecule has 0 bridgehead atoms. The molecule has 2 unspecified atom stereocenters. The van der Waals surface area contributed by atoms with Crippen LogP contribution in [0, 0.1) is 28.6 Å². The molecular weight excluding hydrogens is 210 g/mol. The Kier molecular flexibility index (Phi) is 4.06. The van der Waals surface area contributed by atoms with Gasteiger partial charge >= 0.3 is 0 Å². The maximum absolute atomic E-state index is 8.95. The molecule has 0 spiro atoms. The summed E-state index contributed by atoms with van der Waals surface area (Å²) in [6, 6.07) is 2.38. The first-order valence-electron chi connectivity index (χ1n) is 6.95. The average molecular weight is 235 g/mol. The summed E-state index contributed by atoms with van der Waals surface area (Å²) in [4.78, 5) is 2.62. The van der Waals surface area contributed by atoms with Crippen LogP contribution in [0.25, 0.3) is 0 Å². The zero-order valence-corrected chi connectivity index (χ0v) is 11.2. The zero-order valence-electron chi connectivity index (χ0n) is 11.2. The number of unbranched alkanes of at least 4 members (excludes halogenated alkanes) is 1. The Labute approximate surface area is 105 Å². The van der Waals surface area contributed by atoms with E-state index in [0.717, 1.165) is 18.3 Å². The Balaban J connectivity index is 1.59. The summed E-state index contributed by atoms with van der Waals surface area (Å²) >= 11 is 0. The van der Waals surface area contributed by atoms with Crippen LogP contribution in [0.15, 0.2) is 0 Å². The van der Waals surface area contributed by atoms with Gasteiger partial charge in [0.1, 0.15) is 0 Å². The molecule has 0 aliphatic carbocycles. The molecule has 0 saturated carbocycles. The largest absolute Gasteiger partial charge is 0.316 e. The van der Waals surface area contributed by atoms with Crippen molar-refractivity contribution < 1.29 is 0 Å². The van der Waals surface area contributed by atoms with Gasteiger partial charge in [-0.05, 0) is 58.2 Å². The molecule has 0 aromatic carbocycles. The number of nitrogens with zero attached hydrogens (tertiary/aromatic N) is 2. The number of rotatable bonds is 5. The highest BCUT2D eigenvalue weighted by molar-refractivity contribution is 4.92. The monoisotopic (exact) mass is 235 g/mol. The first-order chi connectivity index (χ1) is 8.11. The normalized spacial score (nSPS) is 29.2. The quantitative estimate of drug-likeness (QED) is 0.739. The molecule has 3 heteroatoms. The Hall–Kier alpha value is -0.590. The molecule has 17 heavy (non-hydrogen) atoms. The topological polar surface area (TPSA) is 39.1 Å². The first kappa shape index (κ1) is 12.9. The molecule has 2 atom stereocenters. The van der Waals surface area contributed by atoms with Crippen molar-refractivity contribution in [2.45, 2.75) is 33.1 Å². The SMILES string of the molecule is CC(C)(C#N)CCCCN1CC2CNCC2C1. The molecule has 96 valence electrons. The molecule has 1 N–H and O–H groups in total. The number of fused-ring (bicyclic) bond motifs is 1. The zero-order chi connectivity index (χ0) is 12.3. The van der Waals surface area contributed by atoms with Crippen LogP contribution in [0.5, 0.6) is 0 Å². The molecular formula is C14H25N3. The first-order valence-corrected chi connectivity index (χ1v) is 6.95. The maximum Gasteiger partial charge on any atom is 0.0683 e. The van der Waals surface area contributed by atoms with Crippen molar-refractivity contribution in [1.82, 2.24) is 10.2 Å². The van der Waals surface area contributed by atoms with Crippen LogP contribution >= 0.6 is 0 Å². The van der Waals surface area contributed by atoms with Gasteiger partial charge in [-0.25, -0.2) is 0 Å². The van der Waals surface area contributed by atoms with Crippen LogP contribution in [0.1, 0.15) is 33.1 Å². The van der Waals surface area contributed by atoms with Gasteiger partial charge in [-0.2, -0.15) is 5.26 Å². The number of nitriles is 1. The van der Waals surface area contributed by atoms with Gasteiger partial charge in [0.2, 0.25) is 0 Å². The highest BCUT2D eigenvalue weighted by Crippen LogP contribution is 2.27. The summed E-state index contributed by atoms with van der Waals surface area (Å²) in [5.41, 5.74) is -0.133. The molecule has 2 rings (SSSR count). The summed E-state index contributed by atoms with van der Waals surface area (Å²) < 4.78 is 0. The molecule has 2 aliphatic rings. The van der Waals surface area contributed by atoms with Gasteiger partial charge in [-0.1, -0.05) is 6.42 Å². The van der Waals surface area contributed by atoms with Gasteiger partial charge in [0, 0.05) is 13.1 Å². The van der Waals surface area contributed by atoms with E-state index in [1.54, 1.807) is 0 Å². The summed E-state index contributed by atoms with van der Waals surface area (Å²) in [5.74, 6) is 1.82.